The molecule has 2 saturated heterocycles. The smallest absolute Gasteiger partial charge is 0.327 e. The van der Waals surface area contributed by atoms with Gasteiger partial charge in [-0.1, -0.05) is 5.16 Å². The predicted molar refractivity (Wildman–Crippen MR) is 103 cm³/mol. The minimum absolute atomic E-state index is 0.126. The van der Waals surface area contributed by atoms with Crippen LogP contribution in [0.2, 0.25) is 0 Å². The van der Waals surface area contributed by atoms with Crippen LogP contribution in [0.15, 0.2) is 23.1 Å². The maximum absolute atomic E-state index is 12.9. The first-order valence-electron chi connectivity index (χ1n) is 10.1. The third-order valence-electron chi connectivity index (χ3n) is 5.43. The SMILES string of the molecule is CCN1CCN(C(=O)N2CCCC(Cc3nc(-c4cnccn4)no3)C2)C(=O)C1=O. The molecule has 0 bridgehead atoms. The number of rotatable bonds is 4. The summed E-state index contributed by atoms with van der Waals surface area (Å²) in [5, 5.41) is 3.95. The molecule has 4 rings (SSSR count). The third kappa shape index (κ3) is 4.00. The van der Waals surface area contributed by atoms with E-state index in [0.717, 1.165) is 17.7 Å². The molecule has 4 heterocycles. The molecule has 2 fully saturated rings. The first-order valence-corrected chi connectivity index (χ1v) is 10.1. The van der Waals surface area contributed by atoms with E-state index in [-0.39, 0.29) is 12.5 Å². The second-order valence-electron chi connectivity index (χ2n) is 7.38. The Morgan fingerprint density at radius 1 is 1.20 bits per heavy atom. The number of piperidine rings is 1. The number of likely N-dealkylation sites (tertiary alicyclic amines) is 1. The Morgan fingerprint density at radius 3 is 2.83 bits per heavy atom. The second kappa shape index (κ2) is 8.56. The second-order valence-corrected chi connectivity index (χ2v) is 7.38. The summed E-state index contributed by atoms with van der Waals surface area (Å²) in [5.41, 5.74) is 0.530. The summed E-state index contributed by atoms with van der Waals surface area (Å²) >= 11 is 0. The number of hydrogen-bond donors (Lipinski definition) is 0. The van der Waals surface area contributed by atoms with Crippen LogP contribution in [0, 0.1) is 5.92 Å². The zero-order valence-electron chi connectivity index (χ0n) is 16.7. The van der Waals surface area contributed by atoms with E-state index in [0.29, 0.717) is 50.0 Å². The van der Waals surface area contributed by atoms with Gasteiger partial charge in [0.25, 0.3) is 0 Å². The van der Waals surface area contributed by atoms with Crippen molar-refractivity contribution in [3.63, 3.8) is 0 Å². The molecule has 2 aliphatic rings. The van der Waals surface area contributed by atoms with Crippen molar-refractivity contribution in [1.82, 2.24) is 34.8 Å². The molecule has 11 heteroatoms. The monoisotopic (exact) mass is 413 g/mol. The van der Waals surface area contributed by atoms with Gasteiger partial charge in [0, 0.05) is 51.5 Å². The highest BCUT2D eigenvalue weighted by atomic mass is 16.5. The maximum atomic E-state index is 12.9. The number of carbonyl (C=O) groups excluding carboxylic acids is 3. The lowest BCUT2D eigenvalue weighted by Gasteiger charge is -2.38. The van der Waals surface area contributed by atoms with E-state index in [9.17, 15) is 14.4 Å². The standard InChI is InChI=1S/C19H23N7O4/c1-2-24-8-9-26(18(28)17(24)27)19(29)25-7-3-4-13(12-25)10-15-22-16(23-30-15)14-11-20-5-6-21-14/h5-6,11,13H,2-4,7-10,12H2,1H3. The lowest BCUT2D eigenvalue weighted by molar-refractivity contribution is -0.154. The summed E-state index contributed by atoms with van der Waals surface area (Å²) in [6, 6.07) is -0.403. The van der Waals surface area contributed by atoms with Gasteiger partial charge in [-0.25, -0.2) is 9.78 Å². The summed E-state index contributed by atoms with van der Waals surface area (Å²) in [6.45, 7) is 3.89. The number of nitrogens with zero attached hydrogens (tertiary/aromatic N) is 7. The number of piperazine rings is 1. The van der Waals surface area contributed by atoms with Gasteiger partial charge in [-0.05, 0) is 25.7 Å². The Bertz CT molecular complexity index is 932. The Labute approximate surface area is 173 Å². The van der Waals surface area contributed by atoms with E-state index in [1.54, 1.807) is 23.5 Å². The topological polar surface area (TPSA) is 126 Å². The zero-order valence-corrected chi connectivity index (χ0v) is 16.7. The number of hydrogen-bond acceptors (Lipinski definition) is 8. The molecule has 0 saturated carbocycles. The Morgan fingerprint density at radius 2 is 2.07 bits per heavy atom. The Kier molecular flexibility index (Phi) is 5.68. The lowest BCUT2D eigenvalue weighted by Crippen LogP contribution is -2.59. The minimum Gasteiger partial charge on any atom is -0.339 e. The third-order valence-corrected chi connectivity index (χ3v) is 5.43. The van der Waals surface area contributed by atoms with Crippen LogP contribution in [0.3, 0.4) is 0 Å². The van der Waals surface area contributed by atoms with Crippen molar-refractivity contribution in [2.24, 2.45) is 5.92 Å². The van der Waals surface area contributed by atoms with Crippen molar-refractivity contribution in [2.75, 3.05) is 32.7 Å². The summed E-state index contributed by atoms with van der Waals surface area (Å²) in [4.78, 5) is 54.0. The summed E-state index contributed by atoms with van der Waals surface area (Å²) in [5.74, 6) is -0.396. The molecule has 0 aromatic carbocycles. The van der Waals surface area contributed by atoms with Crippen molar-refractivity contribution >= 4 is 17.8 Å². The quantitative estimate of drug-likeness (QED) is 0.667. The van der Waals surface area contributed by atoms with Crippen LogP contribution in [0.4, 0.5) is 4.79 Å². The first kappa shape index (κ1) is 19.9. The molecule has 0 spiro atoms. The molecule has 11 nitrogen and oxygen atoms in total. The predicted octanol–water partition coefficient (Wildman–Crippen LogP) is 0.592. The number of aromatic nitrogens is 4. The van der Waals surface area contributed by atoms with Gasteiger partial charge in [0.05, 0.1) is 6.20 Å². The number of urea groups is 1. The van der Waals surface area contributed by atoms with Gasteiger partial charge < -0.3 is 14.3 Å². The molecule has 1 atom stereocenters. The zero-order chi connectivity index (χ0) is 21.1. The van der Waals surface area contributed by atoms with Crippen LogP contribution >= 0.6 is 0 Å². The van der Waals surface area contributed by atoms with Gasteiger partial charge >= 0.3 is 17.8 Å². The molecule has 1 unspecified atom stereocenters. The Balaban J connectivity index is 1.38. The molecule has 158 valence electrons. The largest absolute Gasteiger partial charge is 0.339 e. The fourth-order valence-electron chi connectivity index (χ4n) is 3.84. The molecule has 0 N–H and O–H groups in total. The minimum atomic E-state index is -0.749. The van der Waals surface area contributed by atoms with Crippen LogP contribution in [0.1, 0.15) is 25.7 Å². The number of imide groups is 1. The van der Waals surface area contributed by atoms with Crippen molar-refractivity contribution in [3.05, 3.63) is 24.5 Å². The Hall–Kier alpha value is -3.37. The first-order chi connectivity index (χ1) is 14.6. The van der Waals surface area contributed by atoms with E-state index in [1.807, 2.05) is 6.92 Å². The molecule has 2 aromatic heterocycles. The van der Waals surface area contributed by atoms with Crippen molar-refractivity contribution in [2.45, 2.75) is 26.2 Å². The van der Waals surface area contributed by atoms with Crippen LogP contribution < -0.4 is 0 Å². The maximum Gasteiger partial charge on any atom is 0.327 e. The average Bonchev–Trinajstić information content (AvgIpc) is 3.24. The molecule has 4 amide bonds. The van der Waals surface area contributed by atoms with E-state index in [1.165, 1.54) is 4.90 Å². The van der Waals surface area contributed by atoms with Gasteiger partial charge in [0.2, 0.25) is 11.7 Å². The van der Waals surface area contributed by atoms with Crippen LogP contribution in [-0.4, -0.2) is 85.4 Å². The highest BCUT2D eigenvalue weighted by molar-refractivity contribution is 6.38. The van der Waals surface area contributed by atoms with Crippen LogP contribution in [0.5, 0.6) is 0 Å². The van der Waals surface area contributed by atoms with Gasteiger partial charge in [0.15, 0.2) is 0 Å². The number of likely N-dealkylation sites (N-methyl/N-ethyl adjacent to an activating group) is 1. The molecule has 2 aliphatic heterocycles. The van der Waals surface area contributed by atoms with Gasteiger partial charge in [-0.3, -0.25) is 19.5 Å². The number of carbonyl (C=O) groups is 3. The van der Waals surface area contributed by atoms with Crippen molar-refractivity contribution < 1.29 is 18.9 Å². The van der Waals surface area contributed by atoms with Crippen molar-refractivity contribution in [3.8, 4) is 11.5 Å². The van der Waals surface area contributed by atoms with E-state index < -0.39 is 17.8 Å². The molecule has 0 radical (unpaired) electrons. The average molecular weight is 413 g/mol. The molecule has 30 heavy (non-hydrogen) atoms. The van der Waals surface area contributed by atoms with E-state index in [4.69, 9.17) is 4.52 Å². The molecule has 2 aromatic rings. The highest BCUT2D eigenvalue weighted by Gasteiger charge is 2.38. The fourth-order valence-corrected chi connectivity index (χ4v) is 3.84. The molecular formula is C19H23N7O4. The van der Waals surface area contributed by atoms with Gasteiger partial charge in [-0.15, -0.1) is 0 Å². The summed E-state index contributed by atoms with van der Waals surface area (Å²) < 4.78 is 5.34. The summed E-state index contributed by atoms with van der Waals surface area (Å²) in [7, 11) is 0. The summed E-state index contributed by atoms with van der Waals surface area (Å²) in [6.07, 6.45) is 6.92. The van der Waals surface area contributed by atoms with Gasteiger partial charge in [-0.2, -0.15) is 4.98 Å². The van der Waals surface area contributed by atoms with E-state index >= 15 is 0 Å². The fraction of sp³-hybridized carbons (Fsp3) is 0.526. The normalized spacial score (nSPS) is 20.0. The lowest BCUT2D eigenvalue weighted by atomic mass is 9.95. The van der Waals surface area contributed by atoms with Crippen LogP contribution in [0.25, 0.3) is 11.5 Å². The van der Waals surface area contributed by atoms with Gasteiger partial charge in [0.1, 0.15) is 5.69 Å². The molecule has 0 aliphatic carbocycles. The number of amides is 4. The highest BCUT2D eigenvalue weighted by Crippen LogP contribution is 2.23. The molecular weight excluding hydrogens is 390 g/mol. The van der Waals surface area contributed by atoms with Crippen LogP contribution in [-0.2, 0) is 16.0 Å². The van der Waals surface area contributed by atoms with Crippen molar-refractivity contribution in [1.29, 1.82) is 0 Å². The van der Waals surface area contributed by atoms with E-state index in [2.05, 4.69) is 20.1 Å².